The average molecular weight is 237 g/mol. The molecule has 2 N–H and O–H groups in total. The summed E-state index contributed by atoms with van der Waals surface area (Å²) >= 11 is 0. The Labute approximate surface area is 102 Å². The van der Waals surface area contributed by atoms with E-state index in [9.17, 15) is 4.39 Å². The molecule has 1 saturated carbocycles. The maximum Gasteiger partial charge on any atom is 0.129 e. The Hall–Kier alpha value is -1.09. The number of rotatable bonds is 4. The summed E-state index contributed by atoms with van der Waals surface area (Å²) in [5.41, 5.74) is 6.64. The molecule has 2 atom stereocenters. The minimum absolute atomic E-state index is 0.208. The van der Waals surface area contributed by atoms with Gasteiger partial charge in [-0.1, -0.05) is 12.5 Å². The zero-order valence-electron chi connectivity index (χ0n) is 10.3. The van der Waals surface area contributed by atoms with Gasteiger partial charge in [-0.25, -0.2) is 4.39 Å². The van der Waals surface area contributed by atoms with Crippen molar-refractivity contribution in [2.24, 2.45) is 11.7 Å². The van der Waals surface area contributed by atoms with Gasteiger partial charge in [0.05, 0.1) is 6.61 Å². The smallest absolute Gasteiger partial charge is 0.129 e. The second-order valence-electron chi connectivity index (χ2n) is 4.90. The predicted octanol–water partition coefficient (Wildman–Crippen LogP) is 3.03. The largest absolute Gasteiger partial charge is 0.493 e. The van der Waals surface area contributed by atoms with Crippen LogP contribution in [0.5, 0.6) is 5.75 Å². The number of hydrogen-bond acceptors (Lipinski definition) is 2. The number of nitrogens with two attached hydrogens (primary N) is 1. The first-order chi connectivity index (χ1) is 8.16. The van der Waals surface area contributed by atoms with Crippen molar-refractivity contribution in [3.05, 3.63) is 29.6 Å². The van der Waals surface area contributed by atoms with E-state index in [4.69, 9.17) is 10.5 Å². The molecule has 0 bridgehead atoms. The van der Waals surface area contributed by atoms with Crippen LogP contribution in [0.1, 0.15) is 31.2 Å². The van der Waals surface area contributed by atoms with Crippen molar-refractivity contribution in [1.82, 2.24) is 0 Å². The Kier molecular flexibility index (Phi) is 4.00. The fraction of sp³-hybridized carbons (Fsp3) is 0.571. The molecule has 1 fully saturated rings. The van der Waals surface area contributed by atoms with Gasteiger partial charge in [0.2, 0.25) is 0 Å². The van der Waals surface area contributed by atoms with Crippen molar-refractivity contribution in [3.63, 3.8) is 0 Å². The summed E-state index contributed by atoms with van der Waals surface area (Å²) < 4.78 is 18.8. The fourth-order valence-electron chi connectivity index (χ4n) is 2.42. The minimum atomic E-state index is -0.208. The van der Waals surface area contributed by atoms with Crippen LogP contribution in [0.2, 0.25) is 0 Å². The fourth-order valence-corrected chi connectivity index (χ4v) is 2.42. The van der Waals surface area contributed by atoms with E-state index < -0.39 is 0 Å². The lowest BCUT2D eigenvalue weighted by Crippen LogP contribution is -2.25. The molecule has 94 valence electrons. The summed E-state index contributed by atoms with van der Waals surface area (Å²) in [7, 11) is 0. The third-order valence-electron chi connectivity index (χ3n) is 3.62. The van der Waals surface area contributed by atoms with Crippen LogP contribution < -0.4 is 10.5 Å². The summed E-state index contributed by atoms with van der Waals surface area (Å²) in [6.07, 6.45) is 4.53. The molecule has 1 aromatic carbocycles. The quantitative estimate of drug-likeness (QED) is 0.873. The zero-order valence-corrected chi connectivity index (χ0v) is 10.3. The Morgan fingerprint density at radius 2 is 2.24 bits per heavy atom. The van der Waals surface area contributed by atoms with E-state index in [1.807, 2.05) is 6.07 Å². The van der Waals surface area contributed by atoms with Gasteiger partial charge in [0.25, 0.3) is 0 Å². The maximum atomic E-state index is 13.3. The van der Waals surface area contributed by atoms with Gasteiger partial charge < -0.3 is 10.5 Å². The molecule has 0 amide bonds. The molecular weight excluding hydrogens is 217 g/mol. The summed E-state index contributed by atoms with van der Waals surface area (Å²) in [4.78, 5) is 0. The number of halogens is 1. The second kappa shape index (κ2) is 5.50. The van der Waals surface area contributed by atoms with Crippen LogP contribution in [0.4, 0.5) is 4.39 Å². The lowest BCUT2D eigenvalue weighted by Gasteiger charge is -2.15. The molecule has 2 rings (SSSR count). The number of ether oxygens (including phenoxy) is 1. The molecule has 0 heterocycles. The van der Waals surface area contributed by atoms with Crippen LogP contribution in [-0.4, -0.2) is 12.6 Å². The number of benzene rings is 1. The van der Waals surface area contributed by atoms with Crippen molar-refractivity contribution in [1.29, 1.82) is 0 Å². The molecule has 1 aliphatic rings. The van der Waals surface area contributed by atoms with Crippen molar-refractivity contribution in [2.75, 3.05) is 6.61 Å². The van der Waals surface area contributed by atoms with Crippen LogP contribution >= 0.6 is 0 Å². The van der Waals surface area contributed by atoms with Gasteiger partial charge in [0.1, 0.15) is 11.6 Å². The first-order valence-electron chi connectivity index (χ1n) is 6.31. The highest BCUT2D eigenvalue weighted by Gasteiger charge is 2.23. The molecule has 0 aliphatic heterocycles. The topological polar surface area (TPSA) is 35.2 Å². The van der Waals surface area contributed by atoms with E-state index in [2.05, 4.69) is 0 Å². The van der Waals surface area contributed by atoms with E-state index in [0.29, 0.717) is 29.9 Å². The molecule has 17 heavy (non-hydrogen) atoms. The molecular formula is C14H20FNO. The molecule has 0 saturated heterocycles. The van der Waals surface area contributed by atoms with Crippen molar-refractivity contribution in [3.8, 4) is 5.75 Å². The van der Waals surface area contributed by atoms with Crippen molar-refractivity contribution in [2.45, 2.75) is 38.6 Å². The van der Waals surface area contributed by atoms with Crippen LogP contribution in [-0.2, 0) is 0 Å². The normalized spacial score (nSPS) is 23.9. The average Bonchev–Trinajstić information content (AvgIpc) is 2.70. The van der Waals surface area contributed by atoms with E-state index >= 15 is 0 Å². The molecule has 2 nitrogen and oxygen atoms in total. The molecule has 2 unspecified atom stereocenters. The molecule has 1 aromatic rings. The Bertz CT molecular complexity index is 380. The standard InChI is InChI=1S/C14H20FNO/c1-10-5-6-12(9-13(10)15)17-8-7-11-3-2-4-14(11)16/h5-6,9,11,14H,2-4,7-8,16H2,1H3. The van der Waals surface area contributed by atoms with E-state index in [1.165, 1.54) is 18.9 Å². The number of aryl methyl sites for hydroxylation is 1. The zero-order chi connectivity index (χ0) is 12.3. The summed E-state index contributed by atoms with van der Waals surface area (Å²) in [6, 6.07) is 5.33. The first-order valence-corrected chi connectivity index (χ1v) is 6.31. The first kappa shape index (κ1) is 12.4. The molecule has 0 radical (unpaired) electrons. The minimum Gasteiger partial charge on any atom is -0.493 e. The van der Waals surface area contributed by atoms with Gasteiger partial charge in [-0.2, -0.15) is 0 Å². The van der Waals surface area contributed by atoms with Crippen LogP contribution in [0.25, 0.3) is 0 Å². The SMILES string of the molecule is Cc1ccc(OCCC2CCCC2N)cc1F. The highest BCUT2D eigenvalue weighted by molar-refractivity contribution is 5.27. The molecule has 3 heteroatoms. The lowest BCUT2D eigenvalue weighted by atomic mass is 10.0. The highest BCUT2D eigenvalue weighted by Crippen LogP contribution is 2.27. The lowest BCUT2D eigenvalue weighted by molar-refractivity contribution is 0.270. The summed E-state index contributed by atoms with van der Waals surface area (Å²) in [5.74, 6) is 0.977. The molecule has 0 aromatic heterocycles. The maximum absolute atomic E-state index is 13.3. The van der Waals surface area contributed by atoms with E-state index in [-0.39, 0.29) is 5.82 Å². The summed E-state index contributed by atoms with van der Waals surface area (Å²) in [5, 5.41) is 0. The van der Waals surface area contributed by atoms with Crippen molar-refractivity contribution >= 4 is 0 Å². The third-order valence-corrected chi connectivity index (χ3v) is 3.62. The van der Waals surface area contributed by atoms with Crippen LogP contribution in [0.3, 0.4) is 0 Å². The molecule has 0 spiro atoms. The van der Waals surface area contributed by atoms with Crippen molar-refractivity contribution < 1.29 is 9.13 Å². The molecule has 1 aliphatic carbocycles. The van der Waals surface area contributed by atoms with Gasteiger partial charge in [-0.05, 0) is 43.7 Å². The second-order valence-corrected chi connectivity index (χ2v) is 4.90. The van der Waals surface area contributed by atoms with Gasteiger partial charge >= 0.3 is 0 Å². The van der Waals surface area contributed by atoms with Gasteiger partial charge in [0.15, 0.2) is 0 Å². The van der Waals surface area contributed by atoms with Crippen LogP contribution in [0, 0.1) is 18.7 Å². The number of hydrogen-bond donors (Lipinski definition) is 1. The van der Waals surface area contributed by atoms with Gasteiger partial charge in [-0.15, -0.1) is 0 Å². The summed E-state index contributed by atoms with van der Waals surface area (Å²) in [6.45, 7) is 2.37. The van der Waals surface area contributed by atoms with Crippen LogP contribution in [0.15, 0.2) is 18.2 Å². The van der Waals surface area contributed by atoms with Gasteiger partial charge in [0, 0.05) is 12.1 Å². The van der Waals surface area contributed by atoms with Gasteiger partial charge in [-0.3, -0.25) is 0 Å². The highest BCUT2D eigenvalue weighted by atomic mass is 19.1. The monoisotopic (exact) mass is 237 g/mol. The predicted molar refractivity (Wildman–Crippen MR) is 66.6 cm³/mol. The third kappa shape index (κ3) is 3.19. The van der Waals surface area contributed by atoms with E-state index in [1.54, 1.807) is 13.0 Å². The Morgan fingerprint density at radius 1 is 1.41 bits per heavy atom. The Balaban J connectivity index is 1.79. The van der Waals surface area contributed by atoms with E-state index in [0.717, 1.165) is 12.8 Å². The Morgan fingerprint density at radius 3 is 2.88 bits per heavy atom.